The van der Waals surface area contributed by atoms with E-state index in [1.165, 1.54) is 24.0 Å². The van der Waals surface area contributed by atoms with Crippen molar-refractivity contribution in [3.63, 3.8) is 0 Å². The summed E-state index contributed by atoms with van der Waals surface area (Å²) >= 11 is 0. The van der Waals surface area contributed by atoms with Crippen LogP contribution in [-0.2, 0) is 0 Å². The lowest BCUT2D eigenvalue weighted by atomic mass is 9.74. The molecule has 1 unspecified atom stereocenters. The molecule has 3 nitrogen and oxygen atoms in total. The van der Waals surface area contributed by atoms with Crippen molar-refractivity contribution in [2.24, 2.45) is 0 Å². The van der Waals surface area contributed by atoms with Gasteiger partial charge < -0.3 is 10.3 Å². The standard InChI is InChI=1S/C16H21N3/c1-11-5-3-4-6-15(11)13-9-14(10-13)19-12(2)16-17-7-8-18-16/h3-8,12-14,19H,9-10H2,1-2H3,(H,17,18). The minimum Gasteiger partial charge on any atom is -0.347 e. The molecular formula is C16H21N3. The second-order valence-electron chi connectivity index (χ2n) is 5.58. The van der Waals surface area contributed by atoms with E-state index in [2.05, 4.69) is 53.4 Å². The third-order valence-electron chi connectivity index (χ3n) is 4.18. The first-order valence-corrected chi connectivity index (χ1v) is 7.05. The van der Waals surface area contributed by atoms with Crippen LogP contribution in [0.2, 0.25) is 0 Å². The first-order valence-electron chi connectivity index (χ1n) is 7.05. The second kappa shape index (κ2) is 5.17. The summed E-state index contributed by atoms with van der Waals surface area (Å²) < 4.78 is 0. The minimum absolute atomic E-state index is 0.304. The van der Waals surface area contributed by atoms with Gasteiger partial charge in [0.1, 0.15) is 5.82 Å². The van der Waals surface area contributed by atoms with Crippen molar-refractivity contribution in [2.45, 2.75) is 44.7 Å². The molecule has 1 heterocycles. The maximum Gasteiger partial charge on any atom is 0.122 e. The van der Waals surface area contributed by atoms with Gasteiger partial charge in [-0.1, -0.05) is 24.3 Å². The van der Waals surface area contributed by atoms with Gasteiger partial charge in [0.2, 0.25) is 0 Å². The van der Waals surface area contributed by atoms with Gasteiger partial charge in [-0.2, -0.15) is 0 Å². The maximum atomic E-state index is 4.30. The van der Waals surface area contributed by atoms with Crippen LogP contribution in [0.25, 0.3) is 0 Å². The molecule has 0 spiro atoms. The molecule has 2 N–H and O–H groups in total. The quantitative estimate of drug-likeness (QED) is 0.880. The Morgan fingerprint density at radius 1 is 1.32 bits per heavy atom. The van der Waals surface area contributed by atoms with Crippen molar-refractivity contribution in [3.8, 4) is 0 Å². The fraction of sp³-hybridized carbons (Fsp3) is 0.438. The van der Waals surface area contributed by atoms with Crippen LogP contribution in [-0.4, -0.2) is 16.0 Å². The lowest BCUT2D eigenvalue weighted by Crippen LogP contribution is -2.41. The zero-order valence-corrected chi connectivity index (χ0v) is 11.6. The Morgan fingerprint density at radius 2 is 2.11 bits per heavy atom. The molecule has 2 aromatic rings. The SMILES string of the molecule is Cc1ccccc1C1CC(NC(C)c2ncc[nH]2)C1. The van der Waals surface area contributed by atoms with Crippen LogP contribution in [0.5, 0.6) is 0 Å². The predicted molar refractivity (Wildman–Crippen MR) is 77.1 cm³/mol. The van der Waals surface area contributed by atoms with Crippen LogP contribution >= 0.6 is 0 Å². The number of imidazole rings is 1. The Hall–Kier alpha value is -1.61. The number of benzene rings is 1. The average molecular weight is 255 g/mol. The maximum absolute atomic E-state index is 4.30. The summed E-state index contributed by atoms with van der Waals surface area (Å²) in [7, 11) is 0. The van der Waals surface area contributed by atoms with E-state index in [1.54, 1.807) is 0 Å². The summed E-state index contributed by atoms with van der Waals surface area (Å²) in [6.07, 6.45) is 6.15. The number of aryl methyl sites for hydroxylation is 1. The average Bonchev–Trinajstić information content (AvgIpc) is 2.88. The number of H-pyrrole nitrogens is 1. The zero-order valence-electron chi connectivity index (χ0n) is 11.6. The van der Waals surface area contributed by atoms with E-state index >= 15 is 0 Å². The van der Waals surface area contributed by atoms with Crippen molar-refractivity contribution in [3.05, 3.63) is 53.6 Å². The number of hydrogen-bond acceptors (Lipinski definition) is 2. The van der Waals surface area contributed by atoms with Gasteiger partial charge in [0, 0.05) is 18.4 Å². The first-order chi connectivity index (χ1) is 9.24. The van der Waals surface area contributed by atoms with Crippen molar-refractivity contribution < 1.29 is 0 Å². The normalized spacial score (nSPS) is 23.9. The smallest absolute Gasteiger partial charge is 0.122 e. The molecule has 1 aromatic heterocycles. The molecule has 0 aliphatic heterocycles. The van der Waals surface area contributed by atoms with Crippen molar-refractivity contribution in [1.29, 1.82) is 0 Å². The Kier molecular flexibility index (Phi) is 3.38. The molecule has 0 saturated heterocycles. The van der Waals surface area contributed by atoms with Gasteiger partial charge in [-0.3, -0.25) is 0 Å². The fourth-order valence-electron chi connectivity index (χ4n) is 3.00. The highest BCUT2D eigenvalue weighted by Crippen LogP contribution is 2.38. The van der Waals surface area contributed by atoms with E-state index in [0.717, 1.165) is 11.7 Å². The number of aromatic amines is 1. The lowest BCUT2D eigenvalue weighted by Gasteiger charge is -2.38. The van der Waals surface area contributed by atoms with Crippen LogP contribution in [0.15, 0.2) is 36.7 Å². The molecule has 0 amide bonds. The highest BCUT2D eigenvalue weighted by Gasteiger charge is 2.32. The van der Waals surface area contributed by atoms with Crippen molar-refractivity contribution >= 4 is 0 Å². The van der Waals surface area contributed by atoms with E-state index in [0.29, 0.717) is 12.1 Å². The van der Waals surface area contributed by atoms with E-state index in [-0.39, 0.29) is 0 Å². The summed E-state index contributed by atoms with van der Waals surface area (Å²) in [5.74, 6) is 1.75. The lowest BCUT2D eigenvalue weighted by molar-refractivity contribution is 0.267. The molecule has 0 radical (unpaired) electrons. The molecule has 1 saturated carbocycles. The summed E-state index contributed by atoms with van der Waals surface area (Å²) in [6.45, 7) is 4.38. The van der Waals surface area contributed by atoms with Gasteiger partial charge in [0.05, 0.1) is 6.04 Å². The monoisotopic (exact) mass is 255 g/mol. The van der Waals surface area contributed by atoms with E-state index in [1.807, 2.05) is 12.4 Å². The number of aromatic nitrogens is 2. The largest absolute Gasteiger partial charge is 0.347 e. The van der Waals surface area contributed by atoms with Crippen LogP contribution in [0.3, 0.4) is 0 Å². The molecule has 3 heteroatoms. The number of hydrogen-bond donors (Lipinski definition) is 2. The second-order valence-corrected chi connectivity index (χ2v) is 5.58. The number of nitrogens with zero attached hydrogens (tertiary/aromatic N) is 1. The minimum atomic E-state index is 0.304. The predicted octanol–water partition coefficient (Wildman–Crippen LogP) is 3.31. The summed E-state index contributed by atoms with van der Waals surface area (Å²) in [5, 5.41) is 3.64. The van der Waals surface area contributed by atoms with E-state index in [9.17, 15) is 0 Å². The van der Waals surface area contributed by atoms with Gasteiger partial charge in [-0.05, 0) is 43.7 Å². The molecule has 1 aromatic carbocycles. The van der Waals surface area contributed by atoms with Crippen LogP contribution in [0, 0.1) is 6.92 Å². The Labute approximate surface area is 114 Å². The molecular weight excluding hydrogens is 234 g/mol. The molecule has 1 aliphatic carbocycles. The van der Waals surface area contributed by atoms with Gasteiger partial charge >= 0.3 is 0 Å². The third kappa shape index (κ3) is 2.56. The first kappa shape index (κ1) is 12.4. The molecule has 1 atom stereocenters. The molecule has 19 heavy (non-hydrogen) atoms. The van der Waals surface area contributed by atoms with Crippen LogP contribution in [0.4, 0.5) is 0 Å². The number of rotatable bonds is 4. The van der Waals surface area contributed by atoms with E-state index in [4.69, 9.17) is 0 Å². The van der Waals surface area contributed by atoms with Crippen molar-refractivity contribution in [1.82, 2.24) is 15.3 Å². The zero-order chi connectivity index (χ0) is 13.2. The third-order valence-corrected chi connectivity index (χ3v) is 4.18. The van der Waals surface area contributed by atoms with E-state index < -0.39 is 0 Å². The molecule has 1 fully saturated rings. The highest BCUT2D eigenvalue weighted by atomic mass is 15.0. The van der Waals surface area contributed by atoms with Gasteiger partial charge in [-0.25, -0.2) is 4.98 Å². The molecule has 100 valence electrons. The Balaban J connectivity index is 1.55. The molecule has 0 bridgehead atoms. The summed E-state index contributed by atoms with van der Waals surface area (Å²) in [6, 6.07) is 9.66. The highest BCUT2D eigenvalue weighted by molar-refractivity contribution is 5.31. The Morgan fingerprint density at radius 3 is 2.79 bits per heavy atom. The van der Waals surface area contributed by atoms with Gasteiger partial charge in [-0.15, -0.1) is 0 Å². The van der Waals surface area contributed by atoms with Gasteiger partial charge in [0.25, 0.3) is 0 Å². The molecule has 3 rings (SSSR count). The van der Waals surface area contributed by atoms with Crippen LogP contribution in [0.1, 0.15) is 48.7 Å². The van der Waals surface area contributed by atoms with Gasteiger partial charge in [0.15, 0.2) is 0 Å². The topological polar surface area (TPSA) is 40.7 Å². The Bertz CT molecular complexity index is 527. The van der Waals surface area contributed by atoms with Crippen LogP contribution < -0.4 is 5.32 Å². The summed E-state index contributed by atoms with van der Waals surface area (Å²) in [4.78, 5) is 7.47. The fourth-order valence-corrected chi connectivity index (χ4v) is 3.00. The van der Waals surface area contributed by atoms with Crippen molar-refractivity contribution in [2.75, 3.05) is 0 Å². The summed E-state index contributed by atoms with van der Waals surface area (Å²) in [5.41, 5.74) is 2.94. The number of nitrogens with one attached hydrogen (secondary N) is 2. The molecule has 1 aliphatic rings.